The van der Waals surface area contributed by atoms with E-state index >= 15 is 0 Å². The molecule has 0 aromatic heterocycles. The van der Waals surface area contributed by atoms with Crippen molar-refractivity contribution in [2.45, 2.75) is 12.8 Å². The molecule has 0 heterocycles. The van der Waals surface area contributed by atoms with Crippen LogP contribution in [0.4, 0.5) is 11.4 Å². The molecule has 0 aliphatic heterocycles. The number of carbonyl (C=O) groups is 2. The summed E-state index contributed by atoms with van der Waals surface area (Å²) in [5.74, 6) is -0.632. The fraction of sp³-hybridized carbons (Fsp3) is 0.167. The van der Waals surface area contributed by atoms with Crippen LogP contribution in [0.1, 0.15) is 31.8 Å². The number of amides is 2. The number of carbonyl (C=O) groups excluding carboxylic acids is 2. The first-order valence-corrected chi connectivity index (χ1v) is 10.5. The van der Waals surface area contributed by atoms with Crippen molar-refractivity contribution in [2.24, 2.45) is 0 Å². The Bertz CT molecular complexity index is 1080. The van der Waals surface area contributed by atoms with Gasteiger partial charge in [-0.1, -0.05) is 36.4 Å². The highest BCUT2D eigenvalue weighted by Crippen LogP contribution is 2.31. The predicted molar refractivity (Wildman–Crippen MR) is 127 cm³/mol. The van der Waals surface area contributed by atoms with E-state index in [0.717, 1.165) is 0 Å². The molecular weight excluding hydrogens is 440 g/mol. The molecule has 0 fully saturated rings. The summed E-state index contributed by atoms with van der Waals surface area (Å²) in [6, 6.07) is 19.8. The van der Waals surface area contributed by atoms with Crippen molar-refractivity contribution < 1.29 is 20.0 Å². The van der Waals surface area contributed by atoms with Crippen LogP contribution >= 0.6 is 0 Å². The maximum absolute atomic E-state index is 12.2. The second kappa shape index (κ2) is 11.8. The zero-order valence-electron chi connectivity index (χ0n) is 18.2. The Labute approximate surface area is 196 Å². The van der Waals surface area contributed by atoms with E-state index in [1.807, 2.05) is 0 Å². The van der Waals surface area contributed by atoms with Crippen LogP contribution in [-0.4, -0.2) is 35.3 Å². The molecule has 3 aromatic carbocycles. The van der Waals surface area contributed by atoms with E-state index < -0.39 is 5.23 Å². The van der Waals surface area contributed by atoms with Gasteiger partial charge in [-0.15, -0.1) is 5.23 Å². The van der Waals surface area contributed by atoms with Gasteiger partial charge in [-0.25, -0.2) is 0 Å². The quantitative estimate of drug-likeness (QED) is 0.334. The minimum absolute atomic E-state index is 0.00708. The Morgan fingerprint density at radius 1 is 0.735 bits per heavy atom. The van der Waals surface area contributed by atoms with E-state index in [4.69, 9.17) is 0 Å². The fourth-order valence-corrected chi connectivity index (χ4v) is 3.44. The number of nitrogens with one attached hydrogen (secondary N) is 2. The summed E-state index contributed by atoms with van der Waals surface area (Å²) in [5, 5.41) is 47.4. The molecule has 2 amide bonds. The highest BCUT2D eigenvalue weighted by Gasteiger charge is 2.15. The summed E-state index contributed by atoms with van der Waals surface area (Å²) in [6.07, 6.45) is 0.220. The van der Waals surface area contributed by atoms with Crippen LogP contribution in [0.3, 0.4) is 0 Å². The van der Waals surface area contributed by atoms with Gasteiger partial charge in [0, 0.05) is 35.5 Å². The Morgan fingerprint density at radius 3 is 1.68 bits per heavy atom. The van der Waals surface area contributed by atoms with Crippen LogP contribution in [0.2, 0.25) is 0 Å². The molecule has 3 rings (SSSR count). The number of benzene rings is 3. The minimum Gasteiger partial charge on any atom is -0.769 e. The largest absolute Gasteiger partial charge is 0.769 e. The summed E-state index contributed by atoms with van der Waals surface area (Å²) in [5.41, 5.74) is 0.923. The SMILES string of the molecule is O=C(NCCc1cc(N([O-])[O-])c(CCNC(=O)c2ccccc2)c(N(O)O)c1)c1ccccc1. The lowest BCUT2D eigenvalue weighted by atomic mass is 10.0. The van der Waals surface area contributed by atoms with Crippen LogP contribution in [0.25, 0.3) is 0 Å². The molecule has 3 aromatic rings. The standard InChI is InChI=1S/C24H24N4O6/c29-23(18-7-3-1-4-8-18)25-13-11-17-15-21(27(31)32)20(22(16-17)28(33)34)12-14-26-24(30)19-9-5-2-6-10-19/h1-10,15-16,31-32H,11-14H2,(H,25,29)(H,26,30)/q-2. The smallest absolute Gasteiger partial charge is 0.251 e. The molecule has 178 valence electrons. The van der Waals surface area contributed by atoms with E-state index in [-0.39, 0.29) is 59.9 Å². The molecule has 0 atom stereocenters. The van der Waals surface area contributed by atoms with Crippen molar-refractivity contribution in [2.75, 3.05) is 23.5 Å². The topological polar surface area (TPSA) is 151 Å². The lowest BCUT2D eigenvalue weighted by Gasteiger charge is -2.40. The van der Waals surface area contributed by atoms with Gasteiger partial charge >= 0.3 is 0 Å². The minimum atomic E-state index is -0.618. The molecule has 0 saturated heterocycles. The second-order valence-electron chi connectivity index (χ2n) is 7.40. The zero-order valence-corrected chi connectivity index (χ0v) is 18.2. The van der Waals surface area contributed by atoms with Crippen molar-refractivity contribution in [3.8, 4) is 0 Å². The molecular formula is C24H24N4O6-2. The molecule has 0 bridgehead atoms. The van der Waals surface area contributed by atoms with Gasteiger partial charge in [0.15, 0.2) is 0 Å². The Balaban J connectivity index is 1.70. The number of hydrogen-bond donors (Lipinski definition) is 4. The molecule has 4 N–H and O–H groups in total. The Hall–Kier alpha value is -3.96. The molecule has 0 unspecified atom stereocenters. The highest BCUT2D eigenvalue weighted by atomic mass is 16.8. The van der Waals surface area contributed by atoms with Gasteiger partial charge in [-0.2, -0.15) is 0 Å². The third kappa shape index (κ3) is 6.53. The molecule has 10 nitrogen and oxygen atoms in total. The number of hydrogen-bond acceptors (Lipinski definition) is 8. The van der Waals surface area contributed by atoms with E-state index in [1.54, 1.807) is 60.7 Å². The van der Waals surface area contributed by atoms with E-state index in [9.17, 15) is 30.4 Å². The lowest BCUT2D eigenvalue weighted by Crippen LogP contribution is -2.27. The van der Waals surface area contributed by atoms with Crippen LogP contribution < -0.4 is 21.1 Å². The van der Waals surface area contributed by atoms with Gasteiger partial charge in [-0.05, 0) is 54.8 Å². The molecule has 0 radical (unpaired) electrons. The third-order valence-electron chi connectivity index (χ3n) is 5.11. The van der Waals surface area contributed by atoms with Crippen molar-refractivity contribution in [3.63, 3.8) is 0 Å². The number of nitrogens with zero attached hydrogens (tertiary/aromatic N) is 2. The molecule has 0 saturated carbocycles. The molecule has 0 aliphatic rings. The van der Waals surface area contributed by atoms with Gasteiger partial charge < -0.3 is 26.3 Å². The van der Waals surface area contributed by atoms with Crippen molar-refractivity contribution in [3.05, 3.63) is 105 Å². The molecule has 0 aliphatic carbocycles. The average molecular weight is 464 g/mol. The summed E-state index contributed by atoms with van der Waals surface area (Å²) < 4.78 is 0. The van der Waals surface area contributed by atoms with Gasteiger partial charge in [0.05, 0.1) is 5.69 Å². The first kappa shape index (κ1) is 24.7. The van der Waals surface area contributed by atoms with Crippen molar-refractivity contribution >= 4 is 23.2 Å². The van der Waals surface area contributed by atoms with Gasteiger partial charge in [0.25, 0.3) is 11.8 Å². The van der Waals surface area contributed by atoms with Gasteiger partial charge in [0.1, 0.15) is 0 Å². The third-order valence-corrected chi connectivity index (χ3v) is 5.11. The highest BCUT2D eigenvalue weighted by molar-refractivity contribution is 5.94. The average Bonchev–Trinajstić information content (AvgIpc) is 2.85. The fourth-order valence-electron chi connectivity index (χ4n) is 3.44. The molecule has 10 heteroatoms. The van der Waals surface area contributed by atoms with Gasteiger partial charge in [-0.3, -0.25) is 20.0 Å². The van der Waals surface area contributed by atoms with Crippen LogP contribution in [0, 0.1) is 10.4 Å². The molecule has 34 heavy (non-hydrogen) atoms. The summed E-state index contributed by atoms with van der Waals surface area (Å²) in [7, 11) is 0. The van der Waals surface area contributed by atoms with Gasteiger partial charge in [0.2, 0.25) is 0 Å². The monoisotopic (exact) mass is 464 g/mol. The number of rotatable bonds is 10. The lowest BCUT2D eigenvalue weighted by molar-refractivity contribution is 0.0287. The maximum atomic E-state index is 12.2. The number of anilines is 2. The maximum Gasteiger partial charge on any atom is 0.251 e. The summed E-state index contributed by atoms with van der Waals surface area (Å²) in [6.45, 7) is 0.232. The van der Waals surface area contributed by atoms with Crippen molar-refractivity contribution in [1.29, 1.82) is 0 Å². The Morgan fingerprint density at radius 2 is 1.21 bits per heavy atom. The van der Waals surface area contributed by atoms with E-state index in [1.165, 1.54) is 12.1 Å². The first-order valence-electron chi connectivity index (χ1n) is 10.5. The first-order chi connectivity index (χ1) is 16.4. The predicted octanol–water partition coefficient (Wildman–Crippen LogP) is 3.02. The van der Waals surface area contributed by atoms with Crippen LogP contribution in [0.15, 0.2) is 72.8 Å². The zero-order chi connectivity index (χ0) is 24.5. The Kier molecular flexibility index (Phi) is 8.54. The van der Waals surface area contributed by atoms with E-state index in [0.29, 0.717) is 16.7 Å². The summed E-state index contributed by atoms with van der Waals surface area (Å²) >= 11 is 0. The molecule has 0 spiro atoms. The van der Waals surface area contributed by atoms with Crippen LogP contribution in [0.5, 0.6) is 0 Å². The normalized spacial score (nSPS) is 10.5. The van der Waals surface area contributed by atoms with E-state index in [2.05, 4.69) is 10.6 Å². The van der Waals surface area contributed by atoms with Crippen LogP contribution in [-0.2, 0) is 12.8 Å². The summed E-state index contributed by atoms with van der Waals surface area (Å²) in [4.78, 5) is 24.4. The second-order valence-corrected chi connectivity index (χ2v) is 7.40. The van der Waals surface area contributed by atoms with Crippen molar-refractivity contribution in [1.82, 2.24) is 10.6 Å².